The standard InChI is InChI=1S/C21H17FN4O4/c22-14-8-4-5-9-15(14)23-19(28)13-10-16(27)24-18-17(13)20(29)25-21(30)26(18)11-12-6-2-1-3-7-12/h1-9,13H,10-11H2,(H,23,28)(H,24,27)(H,25,29,30). The largest absolute Gasteiger partial charge is 0.330 e. The van der Waals surface area contributed by atoms with Crippen LogP contribution in [0.2, 0.25) is 0 Å². The number of hydrogen-bond donors (Lipinski definition) is 3. The van der Waals surface area contributed by atoms with Crippen LogP contribution in [0.25, 0.3) is 0 Å². The second-order valence-electron chi connectivity index (χ2n) is 6.87. The third-order valence-corrected chi connectivity index (χ3v) is 4.86. The summed E-state index contributed by atoms with van der Waals surface area (Å²) in [6.45, 7) is 0.0840. The summed E-state index contributed by atoms with van der Waals surface area (Å²) in [6.07, 6.45) is -0.306. The van der Waals surface area contributed by atoms with Crippen molar-refractivity contribution in [1.82, 2.24) is 9.55 Å². The molecule has 0 radical (unpaired) electrons. The molecule has 2 heterocycles. The van der Waals surface area contributed by atoms with Gasteiger partial charge < -0.3 is 10.6 Å². The van der Waals surface area contributed by atoms with Crippen molar-refractivity contribution >= 4 is 23.3 Å². The number of amides is 2. The Morgan fingerprint density at radius 3 is 2.50 bits per heavy atom. The topological polar surface area (TPSA) is 113 Å². The predicted octanol–water partition coefficient (Wildman–Crippen LogP) is 1.79. The fourth-order valence-corrected chi connectivity index (χ4v) is 3.44. The molecule has 8 nitrogen and oxygen atoms in total. The summed E-state index contributed by atoms with van der Waals surface area (Å²) in [7, 11) is 0. The highest BCUT2D eigenvalue weighted by Gasteiger charge is 2.35. The van der Waals surface area contributed by atoms with Gasteiger partial charge in [0.2, 0.25) is 11.8 Å². The molecule has 9 heteroatoms. The average Bonchev–Trinajstić information content (AvgIpc) is 2.72. The Morgan fingerprint density at radius 2 is 1.77 bits per heavy atom. The van der Waals surface area contributed by atoms with Gasteiger partial charge in [0, 0.05) is 6.42 Å². The zero-order valence-electron chi connectivity index (χ0n) is 15.6. The van der Waals surface area contributed by atoms with Gasteiger partial charge in [0.1, 0.15) is 11.6 Å². The Balaban J connectivity index is 1.77. The Kier molecular flexibility index (Phi) is 5.01. The summed E-state index contributed by atoms with van der Waals surface area (Å²) in [6, 6.07) is 14.6. The zero-order valence-corrected chi connectivity index (χ0v) is 15.6. The zero-order chi connectivity index (χ0) is 21.3. The smallest absolute Gasteiger partial charge is 0.323 e. The molecule has 1 aromatic heterocycles. The highest BCUT2D eigenvalue weighted by Crippen LogP contribution is 2.30. The number of anilines is 2. The summed E-state index contributed by atoms with van der Waals surface area (Å²) < 4.78 is 15.1. The maximum atomic E-state index is 13.9. The lowest BCUT2D eigenvalue weighted by molar-refractivity contribution is -0.123. The number of aromatic nitrogens is 2. The van der Waals surface area contributed by atoms with E-state index in [0.29, 0.717) is 0 Å². The van der Waals surface area contributed by atoms with Gasteiger partial charge in [-0.15, -0.1) is 0 Å². The number of nitrogens with one attached hydrogen (secondary N) is 3. The van der Waals surface area contributed by atoms with Crippen molar-refractivity contribution in [2.45, 2.75) is 18.9 Å². The van der Waals surface area contributed by atoms with Gasteiger partial charge >= 0.3 is 5.69 Å². The van der Waals surface area contributed by atoms with Crippen molar-refractivity contribution in [2.75, 3.05) is 10.6 Å². The number of hydrogen-bond acceptors (Lipinski definition) is 4. The van der Waals surface area contributed by atoms with Crippen LogP contribution < -0.4 is 21.9 Å². The molecule has 0 spiro atoms. The lowest BCUT2D eigenvalue weighted by atomic mass is 9.92. The van der Waals surface area contributed by atoms with E-state index in [9.17, 15) is 23.6 Å². The van der Waals surface area contributed by atoms with Gasteiger partial charge in [-0.2, -0.15) is 0 Å². The lowest BCUT2D eigenvalue weighted by Gasteiger charge is -2.26. The minimum Gasteiger partial charge on any atom is -0.323 e. The van der Waals surface area contributed by atoms with Crippen LogP contribution in [0.3, 0.4) is 0 Å². The van der Waals surface area contributed by atoms with Crippen molar-refractivity contribution < 1.29 is 14.0 Å². The number of aromatic amines is 1. The van der Waals surface area contributed by atoms with E-state index in [-0.39, 0.29) is 30.0 Å². The van der Waals surface area contributed by atoms with Crippen LogP contribution in [0.15, 0.2) is 64.2 Å². The molecule has 3 N–H and O–H groups in total. The summed E-state index contributed by atoms with van der Waals surface area (Å²) >= 11 is 0. The molecule has 2 aromatic carbocycles. The highest BCUT2D eigenvalue weighted by atomic mass is 19.1. The minimum atomic E-state index is -1.18. The van der Waals surface area contributed by atoms with Crippen molar-refractivity contribution in [3.05, 3.63) is 92.4 Å². The van der Waals surface area contributed by atoms with Crippen LogP contribution in [0.1, 0.15) is 23.5 Å². The number of fused-ring (bicyclic) bond motifs is 1. The lowest BCUT2D eigenvalue weighted by Crippen LogP contribution is -2.42. The van der Waals surface area contributed by atoms with Crippen LogP contribution in [0.4, 0.5) is 15.9 Å². The second kappa shape index (κ2) is 7.78. The molecule has 4 rings (SSSR count). The molecule has 1 aliphatic rings. The number of para-hydroxylation sites is 1. The average molecular weight is 408 g/mol. The molecular formula is C21H17FN4O4. The Bertz CT molecular complexity index is 1250. The van der Waals surface area contributed by atoms with Crippen LogP contribution in [0.5, 0.6) is 0 Å². The molecule has 30 heavy (non-hydrogen) atoms. The molecule has 0 saturated carbocycles. The van der Waals surface area contributed by atoms with Gasteiger partial charge in [-0.3, -0.25) is 23.9 Å². The van der Waals surface area contributed by atoms with E-state index in [1.165, 1.54) is 22.8 Å². The number of halogens is 1. The van der Waals surface area contributed by atoms with E-state index in [0.717, 1.165) is 5.56 Å². The number of carbonyl (C=O) groups excluding carboxylic acids is 2. The van der Waals surface area contributed by atoms with Gasteiger partial charge in [-0.1, -0.05) is 42.5 Å². The number of nitrogens with zero attached hydrogens (tertiary/aromatic N) is 1. The number of H-pyrrole nitrogens is 1. The van der Waals surface area contributed by atoms with Crippen molar-refractivity contribution in [3.8, 4) is 0 Å². The van der Waals surface area contributed by atoms with Gasteiger partial charge in [-0.25, -0.2) is 9.18 Å². The van der Waals surface area contributed by atoms with Crippen LogP contribution in [0, 0.1) is 5.82 Å². The van der Waals surface area contributed by atoms with Gasteiger partial charge in [0.25, 0.3) is 5.56 Å². The molecule has 0 saturated heterocycles. The fourth-order valence-electron chi connectivity index (χ4n) is 3.44. The van der Waals surface area contributed by atoms with Crippen molar-refractivity contribution in [2.24, 2.45) is 0 Å². The van der Waals surface area contributed by atoms with Gasteiger partial charge in [0.15, 0.2) is 0 Å². The van der Waals surface area contributed by atoms with E-state index in [2.05, 4.69) is 15.6 Å². The molecule has 1 aliphatic heterocycles. The van der Waals surface area contributed by atoms with Crippen LogP contribution in [-0.4, -0.2) is 21.4 Å². The first-order chi connectivity index (χ1) is 14.4. The normalized spacial score (nSPS) is 15.2. The first-order valence-electron chi connectivity index (χ1n) is 9.20. The minimum absolute atomic E-state index is 0.0301. The van der Waals surface area contributed by atoms with Gasteiger partial charge in [0.05, 0.1) is 23.7 Å². The third kappa shape index (κ3) is 3.64. The fraction of sp³-hybridized carbons (Fsp3) is 0.143. The Labute approximate surface area is 169 Å². The molecule has 1 atom stereocenters. The third-order valence-electron chi connectivity index (χ3n) is 4.86. The van der Waals surface area contributed by atoms with E-state index >= 15 is 0 Å². The van der Waals surface area contributed by atoms with E-state index < -0.39 is 34.8 Å². The monoisotopic (exact) mass is 408 g/mol. The Morgan fingerprint density at radius 1 is 1.07 bits per heavy atom. The highest BCUT2D eigenvalue weighted by molar-refractivity contribution is 6.04. The first-order valence-corrected chi connectivity index (χ1v) is 9.20. The van der Waals surface area contributed by atoms with Crippen molar-refractivity contribution in [1.29, 1.82) is 0 Å². The van der Waals surface area contributed by atoms with Crippen molar-refractivity contribution in [3.63, 3.8) is 0 Å². The molecule has 0 aliphatic carbocycles. The number of benzene rings is 2. The predicted molar refractivity (Wildman–Crippen MR) is 108 cm³/mol. The van der Waals surface area contributed by atoms with Gasteiger partial charge in [-0.05, 0) is 17.7 Å². The van der Waals surface area contributed by atoms with E-state index in [1.54, 1.807) is 30.3 Å². The maximum absolute atomic E-state index is 13.9. The number of carbonyl (C=O) groups is 2. The summed E-state index contributed by atoms with van der Waals surface area (Å²) in [4.78, 5) is 52.3. The summed E-state index contributed by atoms with van der Waals surface area (Å²) in [5, 5.41) is 4.96. The SMILES string of the molecule is O=C1CC(C(=O)Nc2ccccc2F)c2c(n(Cc3ccccc3)c(=O)[nH]c2=O)N1. The second-order valence-corrected chi connectivity index (χ2v) is 6.87. The van der Waals surface area contributed by atoms with E-state index in [4.69, 9.17) is 0 Å². The quantitative estimate of drug-likeness (QED) is 0.611. The summed E-state index contributed by atoms with van der Waals surface area (Å²) in [5.41, 5.74) is -0.824. The van der Waals surface area contributed by atoms with Crippen LogP contribution in [-0.2, 0) is 16.1 Å². The number of rotatable bonds is 4. The Hall–Kier alpha value is -4.01. The molecule has 3 aromatic rings. The van der Waals surface area contributed by atoms with Crippen LogP contribution >= 0.6 is 0 Å². The molecule has 2 amide bonds. The molecule has 152 valence electrons. The summed E-state index contributed by atoms with van der Waals surface area (Å²) in [5.74, 6) is -3.10. The molecule has 0 bridgehead atoms. The first kappa shape index (κ1) is 19.3. The molecular weight excluding hydrogens is 391 g/mol. The maximum Gasteiger partial charge on any atom is 0.330 e. The molecule has 1 unspecified atom stereocenters. The van der Waals surface area contributed by atoms with E-state index in [1.807, 2.05) is 6.07 Å². The molecule has 0 fully saturated rings.